The first kappa shape index (κ1) is 12.9. The molecular formula is C7H2Cl2F3NO3. The van der Waals surface area contributed by atoms with Crippen LogP contribution in [0.15, 0.2) is 12.1 Å². The maximum atomic E-state index is 11.9. The van der Waals surface area contributed by atoms with E-state index in [0.717, 1.165) is 12.1 Å². The summed E-state index contributed by atoms with van der Waals surface area (Å²) in [6.07, 6.45) is -5.03. The third kappa shape index (κ3) is 2.89. The summed E-state index contributed by atoms with van der Waals surface area (Å²) in [5, 5.41) is 9.13. The van der Waals surface area contributed by atoms with Crippen molar-refractivity contribution in [2.75, 3.05) is 0 Å². The van der Waals surface area contributed by atoms with Crippen molar-refractivity contribution in [2.24, 2.45) is 0 Å². The molecule has 0 radical (unpaired) electrons. The number of benzene rings is 1. The van der Waals surface area contributed by atoms with Crippen molar-refractivity contribution in [3.05, 3.63) is 32.3 Å². The topological polar surface area (TPSA) is 52.4 Å². The van der Waals surface area contributed by atoms with Crippen LogP contribution in [0.25, 0.3) is 0 Å². The van der Waals surface area contributed by atoms with E-state index in [2.05, 4.69) is 4.74 Å². The summed E-state index contributed by atoms with van der Waals surface area (Å²) in [6, 6.07) is 1.78. The van der Waals surface area contributed by atoms with E-state index in [0.29, 0.717) is 0 Å². The Balaban J connectivity index is 3.27. The molecule has 0 amide bonds. The zero-order chi connectivity index (χ0) is 12.5. The largest absolute Gasteiger partial charge is 0.573 e. The number of ether oxygens (including phenoxy) is 1. The fourth-order valence-corrected chi connectivity index (χ4v) is 1.39. The molecule has 0 spiro atoms. The van der Waals surface area contributed by atoms with Gasteiger partial charge in [0.2, 0.25) is 0 Å². The summed E-state index contributed by atoms with van der Waals surface area (Å²) in [5.41, 5.74) is -0.717. The van der Waals surface area contributed by atoms with Gasteiger partial charge < -0.3 is 4.74 Å². The van der Waals surface area contributed by atoms with Crippen LogP contribution in [-0.2, 0) is 0 Å². The van der Waals surface area contributed by atoms with Gasteiger partial charge in [0, 0.05) is 6.07 Å². The van der Waals surface area contributed by atoms with Crippen LogP contribution in [-0.4, -0.2) is 11.3 Å². The second-order valence-corrected chi connectivity index (χ2v) is 3.30. The van der Waals surface area contributed by atoms with Crippen molar-refractivity contribution in [3.8, 4) is 5.75 Å². The van der Waals surface area contributed by atoms with Gasteiger partial charge in [0.15, 0.2) is 10.8 Å². The van der Waals surface area contributed by atoms with E-state index >= 15 is 0 Å². The fourth-order valence-electron chi connectivity index (χ4n) is 0.872. The molecule has 1 rings (SSSR count). The second kappa shape index (κ2) is 4.34. The van der Waals surface area contributed by atoms with Crippen LogP contribution in [0, 0.1) is 10.1 Å². The Morgan fingerprint density at radius 2 is 1.88 bits per heavy atom. The third-order valence-electron chi connectivity index (χ3n) is 1.44. The predicted molar refractivity (Wildman–Crippen MR) is 49.8 cm³/mol. The van der Waals surface area contributed by atoms with Gasteiger partial charge in [-0.05, 0) is 6.07 Å². The van der Waals surface area contributed by atoms with E-state index in [1.54, 1.807) is 0 Å². The minimum absolute atomic E-state index is 0.465. The monoisotopic (exact) mass is 275 g/mol. The van der Waals surface area contributed by atoms with Crippen molar-refractivity contribution >= 4 is 28.9 Å². The maximum absolute atomic E-state index is 11.9. The maximum Gasteiger partial charge on any atom is 0.573 e. The minimum atomic E-state index is -5.03. The number of hydrogen-bond donors (Lipinski definition) is 0. The Morgan fingerprint density at radius 3 is 2.31 bits per heavy atom. The van der Waals surface area contributed by atoms with Crippen LogP contribution >= 0.6 is 23.2 Å². The number of halogens is 5. The van der Waals surface area contributed by atoms with Gasteiger partial charge in [0.1, 0.15) is 0 Å². The zero-order valence-corrected chi connectivity index (χ0v) is 8.73. The Hall–Kier alpha value is -1.21. The Kier molecular flexibility index (Phi) is 3.49. The molecule has 16 heavy (non-hydrogen) atoms. The molecule has 0 aromatic heterocycles. The summed E-state index contributed by atoms with van der Waals surface area (Å²) in [7, 11) is 0. The average Bonchev–Trinajstić information content (AvgIpc) is 2.10. The summed E-state index contributed by atoms with van der Waals surface area (Å²) < 4.78 is 39.3. The van der Waals surface area contributed by atoms with Crippen molar-refractivity contribution in [1.82, 2.24) is 0 Å². The lowest BCUT2D eigenvalue weighted by Gasteiger charge is -2.11. The average molecular weight is 276 g/mol. The van der Waals surface area contributed by atoms with Crippen LogP contribution in [0.4, 0.5) is 18.9 Å². The lowest BCUT2D eigenvalue weighted by Crippen LogP contribution is -2.17. The first-order valence-corrected chi connectivity index (χ1v) is 4.36. The molecule has 0 fully saturated rings. The summed E-state index contributed by atoms with van der Waals surface area (Å²) in [6.45, 7) is 0. The number of nitro groups is 1. The number of hydrogen-bond acceptors (Lipinski definition) is 3. The highest BCUT2D eigenvalue weighted by Crippen LogP contribution is 2.41. The highest BCUT2D eigenvalue weighted by Gasteiger charge is 2.34. The highest BCUT2D eigenvalue weighted by atomic mass is 35.5. The molecule has 0 atom stereocenters. The van der Waals surface area contributed by atoms with Gasteiger partial charge in [0.25, 0.3) is 5.69 Å². The molecule has 0 saturated carbocycles. The van der Waals surface area contributed by atoms with Gasteiger partial charge in [-0.1, -0.05) is 23.2 Å². The Morgan fingerprint density at radius 1 is 1.31 bits per heavy atom. The molecule has 0 heterocycles. The van der Waals surface area contributed by atoms with Gasteiger partial charge in [-0.3, -0.25) is 10.1 Å². The van der Waals surface area contributed by atoms with Crippen LogP contribution in [0.2, 0.25) is 10.0 Å². The number of alkyl halides is 3. The van der Waals surface area contributed by atoms with E-state index in [4.69, 9.17) is 23.2 Å². The summed E-state index contributed by atoms with van der Waals surface area (Å²) in [4.78, 5) is 9.45. The van der Waals surface area contributed by atoms with Gasteiger partial charge in [-0.2, -0.15) is 0 Å². The van der Waals surface area contributed by atoms with Crippen LogP contribution < -0.4 is 4.74 Å². The lowest BCUT2D eigenvalue weighted by molar-refractivity contribution is -0.384. The highest BCUT2D eigenvalue weighted by molar-refractivity contribution is 6.38. The van der Waals surface area contributed by atoms with Crippen molar-refractivity contribution in [1.29, 1.82) is 0 Å². The molecule has 0 aliphatic rings. The molecule has 4 nitrogen and oxygen atoms in total. The van der Waals surface area contributed by atoms with E-state index in [1.807, 2.05) is 0 Å². The standard InChI is InChI=1S/C7H2Cl2F3NO3/c8-3-1-2-4(13(14)15)5(9)6(3)16-7(10,11)12/h1-2H. The van der Waals surface area contributed by atoms with Gasteiger partial charge in [0.05, 0.1) is 9.95 Å². The molecule has 0 saturated heterocycles. The van der Waals surface area contributed by atoms with E-state index < -0.39 is 32.8 Å². The normalized spacial score (nSPS) is 11.3. The first-order chi connectivity index (χ1) is 7.22. The second-order valence-electron chi connectivity index (χ2n) is 2.51. The minimum Gasteiger partial charge on any atom is -0.402 e. The van der Waals surface area contributed by atoms with Crippen molar-refractivity contribution in [2.45, 2.75) is 6.36 Å². The molecule has 1 aromatic rings. The summed E-state index contributed by atoms with van der Waals surface area (Å²) in [5.74, 6) is -0.981. The van der Waals surface area contributed by atoms with E-state index in [1.165, 1.54) is 0 Å². The number of rotatable bonds is 2. The van der Waals surface area contributed by atoms with Crippen molar-refractivity contribution in [3.63, 3.8) is 0 Å². The van der Waals surface area contributed by atoms with Crippen LogP contribution in [0.1, 0.15) is 0 Å². The Labute approximate surface area is 96.7 Å². The molecule has 0 bridgehead atoms. The molecule has 0 unspecified atom stereocenters. The number of nitro benzene ring substituents is 1. The third-order valence-corrected chi connectivity index (χ3v) is 2.11. The molecule has 1 aromatic carbocycles. The van der Waals surface area contributed by atoms with Crippen LogP contribution in [0.5, 0.6) is 5.75 Å². The zero-order valence-electron chi connectivity index (χ0n) is 7.22. The van der Waals surface area contributed by atoms with Crippen LogP contribution in [0.3, 0.4) is 0 Å². The molecule has 0 aliphatic heterocycles. The van der Waals surface area contributed by atoms with Gasteiger partial charge >= 0.3 is 6.36 Å². The smallest absolute Gasteiger partial charge is 0.402 e. The van der Waals surface area contributed by atoms with E-state index in [-0.39, 0.29) is 0 Å². The molecule has 88 valence electrons. The first-order valence-electron chi connectivity index (χ1n) is 3.60. The van der Waals surface area contributed by atoms with E-state index in [9.17, 15) is 23.3 Å². The predicted octanol–water partition coefficient (Wildman–Crippen LogP) is 3.80. The molecular weight excluding hydrogens is 274 g/mol. The van der Waals surface area contributed by atoms with Gasteiger partial charge in [-0.15, -0.1) is 13.2 Å². The van der Waals surface area contributed by atoms with Crippen molar-refractivity contribution < 1.29 is 22.8 Å². The molecule has 0 N–H and O–H groups in total. The Bertz CT molecular complexity index is 436. The number of nitrogens with zero attached hydrogens (tertiary/aromatic N) is 1. The summed E-state index contributed by atoms with van der Waals surface area (Å²) >= 11 is 10.7. The molecule has 0 aliphatic carbocycles. The molecule has 9 heteroatoms. The fraction of sp³-hybridized carbons (Fsp3) is 0.143. The lowest BCUT2D eigenvalue weighted by atomic mass is 10.3. The van der Waals surface area contributed by atoms with Gasteiger partial charge in [-0.25, -0.2) is 0 Å². The quantitative estimate of drug-likeness (QED) is 0.609. The SMILES string of the molecule is O=[N+]([O-])c1ccc(Cl)c(OC(F)(F)F)c1Cl.